The summed E-state index contributed by atoms with van der Waals surface area (Å²) >= 11 is 0. The molecule has 0 aliphatic rings. The number of carbonyl (C=O) groups excluding carboxylic acids is 1. The van der Waals surface area contributed by atoms with E-state index in [1.54, 1.807) is 19.6 Å². The average molecular weight is 648 g/mol. The molecule has 6 aromatic rings. The van der Waals surface area contributed by atoms with E-state index in [1.165, 1.54) is 11.1 Å². The summed E-state index contributed by atoms with van der Waals surface area (Å²) in [6.07, 6.45) is 9.07. The fraction of sp³-hybridized carbons (Fsp3) is 0.306. The van der Waals surface area contributed by atoms with Gasteiger partial charge in [-0.15, -0.1) is 0 Å². The van der Waals surface area contributed by atoms with Crippen LogP contribution < -0.4 is 26.2 Å². The van der Waals surface area contributed by atoms with Gasteiger partial charge < -0.3 is 35.3 Å². The summed E-state index contributed by atoms with van der Waals surface area (Å²) in [6, 6.07) is 16.5. The molecule has 0 aliphatic heterocycles. The molecule has 2 aromatic carbocycles. The van der Waals surface area contributed by atoms with Gasteiger partial charge in [-0.05, 0) is 47.2 Å². The molecule has 0 spiro atoms. The van der Waals surface area contributed by atoms with E-state index in [0.717, 1.165) is 69.0 Å². The molecule has 6 rings (SSSR count). The maximum Gasteiger partial charge on any atom is 0.314 e. The topological polar surface area (TPSA) is 135 Å². The number of hydrogen-bond acceptors (Lipinski definition) is 8. The Hall–Kier alpha value is -5.49. The smallest absolute Gasteiger partial charge is 0.314 e. The van der Waals surface area contributed by atoms with Crippen LogP contribution in [0.1, 0.15) is 36.1 Å². The number of nitrogens with zero attached hydrogens (tertiary/aromatic N) is 8. The van der Waals surface area contributed by atoms with Gasteiger partial charge in [-0.3, -0.25) is 0 Å². The highest BCUT2D eigenvalue weighted by Gasteiger charge is 2.14. The number of carbonyl (C=O) groups is 1. The second-order valence-corrected chi connectivity index (χ2v) is 11.7. The lowest BCUT2D eigenvalue weighted by atomic mass is 10.1. The minimum atomic E-state index is -0.182. The van der Waals surface area contributed by atoms with Crippen LogP contribution in [0.5, 0.6) is 0 Å². The van der Waals surface area contributed by atoms with Crippen LogP contribution in [0, 0.1) is 0 Å². The first-order valence-electron chi connectivity index (χ1n) is 16.1. The first-order valence-corrected chi connectivity index (χ1v) is 16.1. The van der Waals surface area contributed by atoms with Gasteiger partial charge in [0.2, 0.25) is 0 Å². The van der Waals surface area contributed by atoms with Crippen LogP contribution in [0.3, 0.4) is 0 Å². The van der Waals surface area contributed by atoms with Crippen LogP contribution >= 0.6 is 0 Å². The monoisotopic (exact) mass is 647 g/mol. The predicted octanol–water partition coefficient (Wildman–Crippen LogP) is 5.48. The molecule has 12 nitrogen and oxygen atoms in total. The first-order chi connectivity index (χ1) is 23.2. The molecule has 4 heterocycles. The third-order valence-electron chi connectivity index (χ3n) is 8.57. The van der Waals surface area contributed by atoms with E-state index in [9.17, 15) is 4.79 Å². The van der Waals surface area contributed by atoms with Gasteiger partial charge in [-0.25, -0.2) is 24.7 Å². The Balaban J connectivity index is 0.000000190. The number of urea groups is 1. The molecule has 0 saturated carbocycles. The third kappa shape index (κ3) is 7.23. The number of aromatic nitrogens is 6. The molecular weight excluding hydrogens is 602 g/mol. The minimum Gasteiger partial charge on any atom is -0.341 e. The lowest BCUT2D eigenvalue weighted by molar-refractivity contribution is 0.242. The van der Waals surface area contributed by atoms with Crippen molar-refractivity contribution in [1.82, 2.24) is 39.7 Å². The van der Waals surface area contributed by atoms with Crippen molar-refractivity contribution in [2.24, 2.45) is 19.8 Å². The number of benzene rings is 2. The van der Waals surface area contributed by atoms with Crippen molar-refractivity contribution in [3.63, 3.8) is 0 Å². The van der Waals surface area contributed by atoms with Crippen molar-refractivity contribution in [1.29, 1.82) is 0 Å². The number of rotatable bonds is 9. The number of amides is 2. The molecular formula is C36H45N11O. The number of pyridine rings is 2. The highest BCUT2D eigenvalue weighted by Crippen LogP contribution is 2.30. The second kappa shape index (κ2) is 14.9. The molecule has 48 heavy (non-hydrogen) atoms. The van der Waals surface area contributed by atoms with Crippen LogP contribution in [0.25, 0.3) is 22.1 Å². The Morgan fingerprint density at radius 3 is 1.69 bits per heavy atom. The Morgan fingerprint density at radius 2 is 1.23 bits per heavy atom. The number of aryl methyl sites for hydroxylation is 4. The first kappa shape index (κ1) is 33.9. The highest BCUT2D eigenvalue weighted by atomic mass is 16.2. The number of anilines is 4. The molecule has 0 aliphatic carbocycles. The molecule has 0 unspecified atom stereocenters. The van der Waals surface area contributed by atoms with E-state index in [4.69, 9.17) is 5.73 Å². The molecule has 0 atom stereocenters. The van der Waals surface area contributed by atoms with Crippen molar-refractivity contribution in [3.8, 4) is 0 Å². The van der Waals surface area contributed by atoms with Crippen molar-refractivity contribution >= 4 is 51.1 Å². The summed E-state index contributed by atoms with van der Waals surface area (Å²) < 4.78 is 4.00. The van der Waals surface area contributed by atoms with Crippen LogP contribution in [-0.2, 0) is 40.0 Å². The zero-order valence-corrected chi connectivity index (χ0v) is 28.8. The summed E-state index contributed by atoms with van der Waals surface area (Å²) in [4.78, 5) is 33.3. The van der Waals surface area contributed by atoms with Gasteiger partial charge in [0.05, 0.1) is 36.1 Å². The van der Waals surface area contributed by atoms with Crippen molar-refractivity contribution < 1.29 is 4.79 Å². The summed E-state index contributed by atoms with van der Waals surface area (Å²) in [5, 5.41) is 5.38. The maximum absolute atomic E-state index is 11.4. The van der Waals surface area contributed by atoms with Crippen LogP contribution in [0.2, 0.25) is 0 Å². The molecule has 250 valence electrons. The molecule has 2 amide bonds. The van der Waals surface area contributed by atoms with Gasteiger partial charge in [-0.1, -0.05) is 38.1 Å². The second-order valence-electron chi connectivity index (χ2n) is 11.7. The Morgan fingerprint density at radius 1 is 0.750 bits per heavy atom. The maximum atomic E-state index is 11.4. The molecule has 0 saturated heterocycles. The van der Waals surface area contributed by atoms with Crippen molar-refractivity contribution in [3.05, 3.63) is 95.8 Å². The molecule has 4 aromatic heterocycles. The van der Waals surface area contributed by atoms with Gasteiger partial charge in [0, 0.05) is 71.8 Å². The summed E-state index contributed by atoms with van der Waals surface area (Å²) in [5.41, 5.74) is 16.6. The molecule has 0 radical (unpaired) electrons. The van der Waals surface area contributed by atoms with Gasteiger partial charge in [0.15, 0.2) is 0 Å². The predicted molar refractivity (Wildman–Crippen MR) is 194 cm³/mol. The molecule has 4 N–H and O–H groups in total. The average Bonchev–Trinajstić information content (AvgIpc) is 3.70. The van der Waals surface area contributed by atoms with Crippen LogP contribution in [-0.4, -0.2) is 56.2 Å². The highest BCUT2D eigenvalue weighted by molar-refractivity contribution is 5.80. The summed E-state index contributed by atoms with van der Waals surface area (Å²) in [5.74, 6) is 1.78. The summed E-state index contributed by atoms with van der Waals surface area (Å²) in [7, 11) is 9.64. The van der Waals surface area contributed by atoms with E-state index in [-0.39, 0.29) is 6.03 Å². The van der Waals surface area contributed by atoms with Gasteiger partial charge >= 0.3 is 6.03 Å². The number of imidazole rings is 2. The van der Waals surface area contributed by atoms with E-state index in [1.807, 2.05) is 62.0 Å². The third-order valence-corrected chi connectivity index (χ3v) is 8.57. The quantitative estimate of drug-likeness (QED) is 0.188. The van der Waals surface area contributed by atoms with Gasteiger partial charge in [0.1, 0.15) is 22.7 Å². The largest absolute Gasteiger partial charge is 0.341 e. The fourth-order valence-corrected chi connectivity index (χ4v) is 5.66. The Bertz CT molecular complexity index is 2030. The Kier molecular flexibility index (Phi) is 10.5. The normalized spacial score (nSPS) is 10.9. The summed E-state index contributed by atoms with van der Waals surface area (Å²) in [6.45, 7) is 5.34. The number of nitrogens with one attached hydrogen (secondary N) is 2. The standard InChI is InChI=1S/C19H24N6O.C17H21N5/c1-5-14-8-13(10-22-19(26)20-2)6-7-16(14)25(4)18-9-17-15(11-21-18)23-12-24(17)3;1-4-13-7-12(9-18)5-6-15(13)22(3)17-8-16-14(10-19-17)20-11-21(16)2/h6-9,11-12H,5,10H2,1-4H3,(H2,20,22,26);5-8,10-11H,4,9,18H2,1-3H3. The molecule has 0 bridgehead atoms. The number of hydrogen-bond donors (Lipinski definition) is 3. The lowest BCUT2D eigenvalue weighted by Gasteiger charge is -2.22. The minimum absolute atomic E-state index is 0.182. The van der Waals surface area contributed by atoms with Crippen molar-refractivity contribution in [2.45, 2.75) is 39.8 Å². The SMILES string of the molecule is CCc1cc(CN)ccc1N(C)c1cc2c(cn1)ncn2C.CCc1cc(CNC(=O)NC)ccc1N(C)c1cc2c(cn1)ncn2C. The van der Waals surface area contributed by atoms with Crippen LogP contribution in [0.4, 0.5) is 27.8 Å². The van der Waals surface area contributed by atoms with Gasteiger partial charge in [0.25, 0.3) is 0 Å². The van der Waals surface area contributed by atoms with E-state index >= 15 is 0 Å². The Labute approximate surface area is 281 Å². The van der Waals surface area contributed by atoms with E-state index in [2.05, 4.69) is 90.6 Å². The van der Waals surface area contributed by atoms with Crippen LogP contribution in [0.15, 0.2) is 73.6 Å². The fourth-order valence-electron chi connectivity index (χ4n) is 5.66. The zero-order valence-electron chi connectivity index (χ0n) is 28.8. The zero-order chi connectivity index (χ0) is 34.4. The van der Waals surface area contributed by atoms with Crippen molar-refractivity contribution in [2.75, 3.05) is 30.9 Å². The lowest BCUT2D eigenvalue weighted by Crippen LogP contribution is -2.32. The number of nitrogens with two attached hydrogens (primary N) is 1. The number of fused-ring (bicyclic) bond motifs is 2. The van der Waals surface area contributed by atoms with E-state index in [0.29, 0.717) is 13.1 Å². The molecule has 12 heteroatoms. The van der Waals surface area contributed by atoms with Gasteiger partial charge in [-0.2, -0.15) is 0 Å². The van der Waals surface area contributed by atoms with E-state index < -0.39 is 0 Å². The molecule has 0 fully saturated rings.